The van der Waals surface area contributed by atoms with Gasteiger partial charge in [-0.15, -0.1) is 0 Å². The van der Waals surface area contributed by atoms with Gasteiger partial charge in [0.15, 0.2) is 5.58 Å². The van der Waals surface area contributed by atoms with Crippen molar-refractivity contribution in [2.24, 2.45) is 5.92 Å². The summed E-state index contributed by atoms with van der Waals surface area (Å²) in [7, 11) is 1.85. The average molecular weight is 436 g/mol. The van der Waals surface area contributed by atoms with Crippen molar-refractivity contribution in [2.75, 3.05) is 7.05 Å². The Hall–Kier alpha value is -3.15. The molecule has 32 heavy (non-hydrogen) atoms. The fourth-order valence-electron chi connectivity index (χ4n) is 4.31. The zero-order valence-electron chi connectivity index (χ0n) is 19.0. The lowest BCUT2D eigenvalue weighted by Gasteiger charge is -2.25. The van der Waals surface area contributed by atoms with E-state index in [4.69, 9.17) is 4.42 Å². The van der Waals surface area contributed by atoms with Crippen LogP contribution in [0.1, 0.15) is 57.7 Å². The van der Waals surface area contributed by atoms with Crippen molar-refractivity contribution in [1.29, 1.82) is 0 Å². The summed E-state index contributed by atoms with van der Waals surface area (Å²) in [5.74, 6) is 1.05. The molecule has 1 N–H and O–H groups in total. The van der Waals surface area contributed by atoms with Crippen LogP contribution in [0.3, 0.4) is 0 Å². The van der Waals surface area contributed by atoms with E-state index in [1.807, 2.05) is 60.5 Å². The Labute approximate surface area is 190 Å². The van der Waals surface area contributed by atoms with E-state index in [-0.39, 0.29) is 25.3 Å². The molecule has 0 radical (unpaired) electrons. The third-order valence-electron chi connectivity index (χ3n) is 6.54. The summed E-state index contributed by atoms with van der Waals surface area (Å²) >= 11 is 0. The van der Waals surface area contributed by atoms with Crippen molar-refractivity contribution in [3.63, 3.8) is 0 Å². The van der Waals surface area contributed by atoms with E-state index in [9.17, 15) is 9.59 Å². The number of fused-ring (bicyclic) bond motifs is 1. The number of benzene rings is 2. The van der Waals surface area contributed by atoms with E-state index < -0.39 is 0 Å². The van der Waals surface area contributed by atoms with Gasteiger partial charge in [0.05, 0.1) is 0 Å². The molecule has 3 atom stereocenters. The third kappa shape index (κ3) is 4.85. The van der Waals surface area contributed by atoms with E-state index in [0.717, 1.165) is 42.3 Å². The van der Waals surface area contributed by atoms with Gasteiger partial charge in [0, 0.05) is 38.1 Å². The van der Waals surface area contributed by atoms with Gasteiger partial charge in [-0.2, -0.15) is 0 Å². The Morgan fingerprint density at radius 1 is 1.19 bits per heavy atom. The Morgan fingerprint density at radius 3 is 2.66 bits per heavy atom. The maximum atomic E-state index is 13.0. The molecule has 4 rings (SSSR count). The van der Waals surface area contributed by atoms with Crippen LogP contribution in [0.15, 0.2) is 52.9 Å². The summed E-state index contributed by atoms with van der Waals surface area (Å²) in [4.78, 5) is 31.6. The molecular weight excluding hydrogens is 402 g/mol. The number of carbonyl (C=O) groups is 2. The fraction of sp³-hybridized carbons (Fsp3) is 0.423. The molecule has 0 unspecified atom stereocenters. The van der Waals surface area contributed by atoms with Crippen molar-refractivity contribution in [3.05, 3.63) is 54.1 Å². The van der Waals surface area contributed by atoms with Crippen molar-refractivity contribution < 1.29 is 15.4 Å². The highest BCUT2D eigenvalue weighted by Crippen LogP contribution is 2.27. The quantitative estimate of drug-likeness (QED) is 0.547. The number of aromatic nitrogens is 1. The van der Waals surface area contributed by atoms with Crippen molar-refractivity contribution in [1.82, 2.24) is 15.2 Å². The molecule has 1 heterocycles. The lowest BCUT2D eigenvalue weighted by molar-refractivity contribution is -0.122. The predicted molar refractivity (Wildman–Crippen MR) is 127 cm³/mol. The molecule has 6 nitrogen and oxygen atoms in total. The minimum atomic E-state index is -0.00861. The van der Waals surface area contributed by atoms with Crippen LogP contribution < -0.4 is 5.32 Å². The van der Waals surface area contributed by atoms with Gasteiger partial charge >= 0.3 is 0 Å². The summed E-state index contributed by atoms with van der Waals surface area (Å²) in [5, 5.41) is 3.15. The van der Waals surface area contributed by atoms with Crippen LogP contribution in [0.4, 0.5) is 0 Å². The standard InChI is InChI=1S/C26H31N3O3.H2/c1-4-17(2)15-24(30)27-20-13-14-21(16-20)29(3)26(31)19-11-9-18(10-12-19)25-28-22-7-5-6-8-23(22)32-25;/h5-12,17,20-21H,4,13-16H2,1-3H3,(H,27,30);1H/t17-,20-,21-;/m1./s1. The Kier molecular flexibility index (Phi) is 6.58. The molecule has 170 valence electrons. The van der Waals surface area contributed by atoms with Crippen LogP contribution in [0.25, 0.3) is 22.6 Å². The normalized spacial score (nSPS) is 19.1. The molecule has 2 amide bonds. The lowest BCUT2D eigenvalue weighted by atomic mass is 10.0. The van der Waals surface area contributed by atoms with Crippen molar-refractivity contribution in [3.8, 4) is 11.5 Å². The van der Waals surface area contributed by atoms with Crippen molar-refractivity contribution in [2.45, 2.75) is 58.0 Å². The molecule has 0 aliphatic heterocycles. The number of nitrogens with zero attached hydrogens (tertiary/aromatic N) is 2. The second-order valence-electron chi connectivity index (χ2n) is 8.93. The largest absolute Gasteiger partial charge is 0.436 e. The number of hydrogen-bond donors (Lipinski definition) is 1. The van der Waals surface area contributed by atoms with Gasteiger partial charge in [-0.25, -0.2) is 4.98 Å². The Balaban J connectivity index is 0.00000306. The molecule has 1 aromatic heterocycles. The zero-order chi connectivity index (χ0) is 22.7. The van der Waals surface area contributed by atoms with E-state index >= 15 is 0 Å². The van der Waals surface area contributed by atoms with Crippen LogP contribution in [0.2, 0.25) is 0 Å². The summed E-state index contributed by atoms with van der Waals surface area (Å²) in [6.45, 7) is 4.20. The summed E-state index contributed by atoms with van der Waals surface area (Å²) in [6, 6.07) is 15.3. The molecule has 1 aliphatic rings. The average Bonchev–Trinajstić information content (AvgIpc) is 3.45. The highest BCUT2D eigenvalue weighted by molar-refractivity contribution is 5.94. The topological polar surface area (TPSA) is 75.4 Å². The predicted octanol–water partition coefficient (Wildman–Crippen LogP) is 5.29. The molecule has 1 aliphatic carbocycles. The molecule has 0 bridgehead atoms. The number of para-hydroxylation sites is 2. The molecule has 2 aromatic carbocycles. The first-order valence-electron chi connectivity index (χ1n) is 11.5. The minimum Gasteiger partial charge on any atom is -0.436 e. The first-order valence-corrected chi connectivity index (χ1v) is 11.5. The van der Waals surface area contributed by atoms with E-state index in [0.29, 0.717) is 23.8 Å². The Morgan fingerprint density at radius 2 is 1.94 bits per heavy atom. The first kappa shape index (κ1) is 22.1. The smallest absolute Gasteiger partial charge is 0.253 e. The summed E-state index contributed by atoms with van der Waals surface area (Å²) < 4.78 is 5.82. The van der Waals surface area contributed by atoms with Gasteiger partial charge in [0.2, 0.25) is 11.8 Å². The lowest BCUT2D eigenvalue weighted by Crippen LogP contribution is -2.38. The van der Waals surface area contributed by atoms with Crippen LogP contribution in [0, 0.1) is 5.92 Å². The fourth-order valence-corrected chi connectivity index (χ4v) is 4.31. The van der Waals surface area contributed by atoms with Gasteiger partial charge in [0.1, 0.15) is 5.52 Å². The van der Waals surface area contributed by atoms with E-state index in [2.05, 4.69) is 24.1 Å². The molecule has 0 saturated heterocycles. The zero-order valence-corrected chi connectivity index (χ0v) is 19.0. The molecule has 1 saturated carbocycles. The van der Waals surface area contributed by atoms with E-state index in [1.54, 1.807) is 0 Å². The van der Waals surface area contributed by atoms with Gasteiger partial charge in [-0.1, -0.05) is 32.4 Å². The van der Waals surface area contributed by atoms with Crippen LogP contribution in [0.5, 0.6) is 0 Å². The number of amides is 2. The Bertz CT molecular complexity index is 1060. The summed E-state index contributed by atoms with van der Waals surface area (Å²) in [5.41, 5.74) is 3.03. The van der Waals surface area contributed by atoms with E-state index in [1.165, 1.54) is 0 Å². The minimum absolute atomic E-state index is 0. The summed E-state index contributed by atoms with van der Waals surface area (Å²) in [6.07, 6.45) is 4.18. The number of nitrogens with one attached hydrogen (secondary N) is 1. The molecule has 3 aromatic rings. The highest BCUT2D eigenvalue weighted by Gasteiger charge is 2.31. The SMILES string of the molecule is CC[C@@H](C)CC(=O)N[C@@H]1CC[C@@H](N(C)C(=O)c2ccc(-c3nc4ccccc4o3)cc2)C1.[HH]. The van der Waals surface area contributed by atoms with Gasteiger partial charge in [-0.05, 0) is 61.6 Å². The first-order chi connectivity index (χ1) is 15.4. The van der Waals surface area contributed by atoms with Crippen LogP contribution in [-0.2, 0) is 4.79 Å². The number of rotatable bonds is 7. The van der Waals surface area contributed by atoms with Crippen LogP contribution >= 0.6 is 0 Å². The highest BCUT2D eigenvalue weighted by atomic mass is 16.3. The van der Waals surface area contributed by atoms with Crippen LogP contribution in [-0.4, -0.2) is 40.8 Å². The molecule has 6 heteroatoms. The molecular formula is C26H33N3O3. The second-order valence-corrected chi connectivity index (χ2v) is 8.93. The van der Waals surface area contributed by atoms with Gasteiger partial charge in [-0.3, -0.25) is 9.59 Å². The second kappa shape index (κ2) is 9.55. The molecule has 1 fully saturated rings. The van der Waals surface area contributed by atoms with Crippen molar-refractivity contribution >= 4 is 22.9 Å². The molecule has 0 spiro atoms. The maximum Gasteiger partial charge on any atom is 0.253 e. The number of carbonyl (C=O) groups excluding carboxylic acids is 2. The van der Waals surface area contributed by atoms with Gasteiger partial charge < -0.3 is 14.6 Å². The van der Waals surface area contributed by atoms with Gasteiger partial charge in [0.25, 0.3) is 5.91 Å². The third-order valence-corrected chi connectivity index (χ3v) is 6.54. The number of hydrogen-bond acceptors (Lipinski definition) is 4. The maximum absolute atomic E-state index is 13.0. The monoisotopic (exact) mass is 435 g/mol. The number of oxazole rings is 1.